The van der Waals surface area contributed by atoms with E-state index in [0.717, 1.165) is 27.9 Å². The highest BCUT2D eigenvalue weighted by Gasteiger charge is 2.18. The van der Waals surface area contributed by atoms with Crippen molar-refractivity contribution in [2.24, 2.45) is 14.1 Å². The maximum atomic E-state index is 12.6. The number of hydrogen-bond acceptors (Lipinski definition) is 4. The van der Waals surface area contributed by atoms with E-state index in [1.54, 1.807) is 25.0 Å². The molecule has 0 radical (unpaired) electrons. The zero-order chi connectivity index (χ0) is 15.7. The Labute approximate surface area is 128 Å². The molecule has 1 unspecified atom stereocenters. The van der Waals surface area contributed by atoms with Crippen molar-refractivity contribution in [1.29, 1.82) is 0 Å². The van der Waals surface area contributed by atoms with E-state index >= 15 is 0 Å². The van der Waals surface area contributed by atoms with Gasteiger partial charge in [0.05, 0.1) is 5.39 Å². The van der Waals surface area contributed by atoms with Crippen molar-refractivity contribution in [2.45, 2.75) is 43.8 Å². The second kappa shape index (κ2) is 6.05. The van der Waals surface area contributed by atoms with Gasteiger partial charge in [0.1, 0.15) is 5.65 Å². The van der Waals surface area contributed by atoms with Gasteiger partial charge in [0.2, 0.25) is 0 Å². The molecular weight excluding hydrogens is 286 g/mol. The second-order valence-electron chi connectivity index (χ2n) is 5.21. The molecule has 0 aromatic carbocycles. The van der Waals surface area contributed by atoms with Crippen molar-refractivity contribution in [3.63, 3.8) is 0 Å². The number of hydrogen-bond donors (Lipinski definition) is 0. The lowest BCUT2D eigenvalue weighted by molar-refractivity contribution is 0.704. The van der Waals surface area contributed by atoms with Crippen LogP contribution in [-0.2, 0) is 20.5 Å². The molecule has 2 aromatic rings. The van der Waals surface area contributed by atoms with Crippen LogP contribution in [0.1, 0.15) is 32.8 Å². The molecule has 0 aliphatic carbocycles. The number of nitrogens with zero attached hydrogens (tertiary/aromatic N) is 3. The number of aryl methyl sites for hydroxylation is 2. The van der Waals surface area contributed by atoms with Crippen LogP contribution in [0, 0.1) is 0 Å². The minimum absolute atomic E-state index is 0.262. The molecule has 21 heavy (non-hydrogen) atoms. The fraction of sp³-hybridized carbons (Fsp3) is 0.533. The summed E-state index contributed by atoms with van der Waals surface area (Å²) >= 11 is 1.69. The minimum atomic E-state index is -0.344. The van der Waals surface area contributed by atoms with Gasteiger partial charge in [-0.3, -0.25) is 13.9 Å². The van der Waals surface area contributed by atoms with Gasteiger partial charge in [0, 0.05) is 30.4 Å². The summed E-state index contributed by atoms with van der Waals surface area (Å²) in [6, 6.07) is 0. The molecule has 0 fully saturated rings. The van der Waals surface area contributed by atoms with E-state index in [2.05, 4.69) is 25.8 Å². The predicted octanol–water partition coefficient (Wildman–Crippen LogP) is 2.09. The zero-order valence-corrected chi connectivity index (χ0v) is 14.0. The number of thioether (sulfide) groups is 1. The van der Waals surface area contributed by atoms with Gasteiger partial charge in [-0.1, -0.05) is 20.8 Å². The Kier molecular flexibility index (Phi) is 4.56. The van der Waals surface area contributed by atoms with Crippen LogP contribution in [0.5, 0.6) is 0 Å². The number of rotatable bonds is 4. The van der Waals surface area contributed by atoms with Gasteiger partial charge in [0.15, 0.2) is 0 Å². The summed E-state index contributed by atoms with van der Waals surface area (Å²) in [7, 11) is 3.17. The van der Waals surface area contributed by atoms with Gasteiger partial charge in [0.25, 0.3) is 5.56 Å². The maximum Gasteiger partial charge on any atom is 0.332 e. The van der Waals surface area contributed by atoms with E-state index in [1.807, 2.05) is 0 Å². The average molecular weight is 307 g/mol. The fourth-order valence-electron chi connectivity index (χ4n) is 2.21. The summed E-state index contributed by atoms with van der Waals surface area (Å²) in [5.41, 5.74) is 0.917. The highest BCUT2D eigenvalue weighted by molar-refractivity contribution is 8.00. The predicted molar refractivity (Wildman–Crippen MR) is 87.2 cm³/mol. The first-order chi connectivity index (χ1) is 9.92. The third-order valence-corrected chi connectivity index (χ3v) is 5.21. The summed E-state index contributed by atoms with van der Waals surface area (Å²) in [5.74, 6) is 0. The molecule has 0 aliphatic rings. The van der Waals surface area contributed by atoms with Crippen LogP contribution in [0.4, 0.5) is 0 Å². The molecule has 0 N–H and O–H groups in total. The largest absolute Gasteiger partial charge is 0.332 e. The van der Waals surface area contributed by atoms with E-state index < -0.39 is 0 Å². The van der Waals surface area contributed by atoms with E-state index in [9.17, 15) is 9.59 Å². The Morgan fingerprint density at radius 3 is 2.48 bits per heavy atom. The first-order valence-electron chi connectivity index (χ1n) is 7.16. The quantitative estimate of drug-likeness (QED) is 0.812. The molecule has 2 rings (SSSR count). The minimum Gasteiger partial charge on any atom is -0.280 e. The molecule has 0 saturated heterocycles. The van der Waals surface area contributed by atoms with Gasteiger partial charge in [-0.2, -0.15) is 0 Å². The maximum absolute atomic E-state index is 12.6. The normalized spacial score (nSPS) is 12.8. The third kappa shape index (κ3) is 2.64. The average Bonchev–Trinajstić information content (AvgIpc) is 2.50. The molecule has 0 saturated carbocycles. The van der Waals surface area contributed by atoms with Crippen LogP contribution in [0.3, 0.4) is 0 Å². The summed E-state index contributed by atoms with van der Waals surface area (Å²) in [5, 5.41) is 0.965. The first-order valence-corrected chi connectivity index (χ1v) is 8.04. The van der Waals surface area contributed by atoms with E-state index in [1.165, 1.54) is 11.6 Å². The van der Waals surface area contributed by atoms with Gasteiger partial charge in [-0.25, -0.2) is 9.78 Å². The number of fused-ring (bicyclic) bond motifs is 1. The number of aromatic nitrogens is 3. The van der Waals surface area contributed by atoms with Gasteiger partial charge < -0.3 is 0 Å². The van der Waals surface area contributed by atoms with Gasteiger partial charge >= 0.3 is 5.69 Å². The zero-order valence-electron chi connectivity index (χ0n) is 13.1. The Balaban J connectivity index is 2.92. The molecule has 2 aromatic heterocycles. The summed E-state index contributed by atoms with van der Waals surface area (Å²) in [4.78, 5) is 29.9. The fourth-order valence-corrected chi connectivity index (χ4v) is 3.43. The standard InChI is InChI=1S/C15H21N3O2S/c1-6-9(3)21-12-10(7-2)8-16-13-11(12)14(19)18(5)15(20)17(13)4/h8-9H,6-7H2,1-5H3. The van der Waals surface area contributed by atoms with E-state index in [4.69, 9.17) is 0 Å². The smallest absolute Gasteiger partial charge is 0.280 e. The van der Waals surface area contributed by atoms with Crippen molar-refractivity contribution < 1.29 is 0 Å². The number of pyridine rings is 1. The van der Waals surface area contributed by atoms with Crippen molar-refractivity contribution in [1.82, 2.24) is 14.1 Å². The van der Waals surface area contributed by atoms with Gasteiger partial charge in [-0.15, -0.1) is 11.8 Å². The molecule has 5 nitrogen and oxygen atoms in total. The summed E-state index contributed by atoms with van der Waals surface area (Å²) < 4.78 is 2.60. The third-order valence-electron chi connectivity index (χ3n) is 3.77. The van der Waals surface area contributed by atoms with Crippen LogP contribution >= 0.6 is 11.8 Å². The SMILES string of the molecule is CCc1cnc2c(c1SC(C)CC)c(=O)n(C)c(=O)n2C. The summed E-state index contributed by atoms with van der Waals surface area (Å²) in [6.07, 6.45) is 3.61. The first kappa shape index (κ1) is 15.8. The molecule has 0 spiro atoms. The van der Waals surface area contributed by atoms with Crippen LogP contribution in [0.15, 0.2) is 20.7 Å². The monoisotopic (exact) mass is 307 g/mol. The van der Waals surface area contributed by atoms with Crippen molar-refractivity contribution >= 4 is 22.8 Å². The Bertz CT molecular complexity index is 792. The molecule has 114 valence electrons. The van der Waals surface area contributed by atoms with E-state index in [-0.39, 0.29) is 11.2 Å². The van der Waals surface area contributed by atoms with Crippen LogP contribution in [-0.4, -0.2) is 19.4 Å². The highest BCUT2D eigenvalue weighted by Crippen LogP contribution is 2.32. The topological polar surface area (TPSA) is 56.9 Å². The Morgan fingerprint density at radius 2 is 1.90 bits per heavy atom. The van der Waals surface area contributed by atoms with Crippen LogP contribution in [0.2, 0.25) is 0 Å². The van der Waals surface area contributed by atoms with Crippen molar-refractivity contribution in [2.75, 3.05) is 0 Å². The second-order valence-corrected chi connectivity index (χ2v) is 6.66. The highest BCUT2D eigenvalue weighted by atomic mass is 32.2. The molecular formula is C15H21N3O2S. The van der Waals surface area contributed by atoms with Crippen LogP contribution < -0.4 is 11.2 Å². The van der Waals surface area contributed by atoms with Crippen LogP contribution in [0.25, 0.3) is 11.0 Å². The van der Waals surface area contributed by atoms with Crippen molar-refractivity contribution in [3.05, 3.63) is 32.6 Å². The molecule has 0 aliphatic heterocycles. The van der Waals surface area contributed by atoms with Crippen molar-refractivity contribution in [3.8, 4) is 0 Å². The molecule has 2 heterocycles. The molecule has 1 atom stereocenters. The lowest BCUT2D eigenvalue weighted by Crippen LogP contribution is -2.37. The van der Waals surface area contributed by atoms with E-state index in [0.29, 0.717) is 16.3 Å². The molecule has 6 heteroatoms. The Morgan fingerprint density at radius 1 is 1.24 bits per heavy atom. The molecule has 0 bridgehead atoms. The Hall–Kier alpha value is -1.56. The lowest BCUT2D eigenvalue weighted by atomic mass is 10.2. The van der Waals surface area contributed by atoms with Gasteiger partial charge in [-0.05, 0) is 18.4 Å². The summed E-state index contributed by atoms with van der Waals surface area (Å²) in [6.45, 7) is 6.32. The lowest BCUT2D eigenvalue weighted by Gasteiger charge is -2.16. The molecule has 0 amide bonds.